The van der Waals surface area contributed by atoms with E-state index in [2.05, 4.69) is 5.32 Å². The van der Waals surface area contributed by atoms with Crippen LogP contribution in [0.3, 0.4) is 0 Å². The van der Waals surface area contributed by atoms with Gasteiger partial charge in [-0.15, -0.1) is 0 Å². The molecule has 1 aliphatic rings. The van der Waals surface area contributed by atoms with Crippen LogP contribution >= 0.6 is 0 Å². The maximum Gasteiger partial charge on any atom is 0.405 e. The summed E-state index contributed by atoms with van der Waals surface area (Å²) in [6.07, 6.45) is 0.359. The molecule has 0 unspecified atom stereocenters. The first-order valence-corrected chi connectivity index (χ1v) is 6.73. The van der Waals surface area contributed by atoms with Gasteiger partial charge in [0, 0.05) is 25.6 Å². The molecule has 0 saturated carbocycles. The van der Waals surface area contributed by atoms with E-state index in [4.69, 9.17) is 5.11 Å². The summed E-state index contributed by atoms with van der Waals surface area (Å²) in [6, 6.07) is 2.56. The highest BCUT2D eigenvalue weighted by atomic mass is 19.1. The van der Waals surface area contributed by atoms with Crippen molar-refractivity contribution in [2.24, 2.45) is 0 Å². The molecule has 0 spiro atoms. The maximum absolute atomic E-state index is 13.7. The minimum Gasteiger partial charge on any atom is -0.508 e. The predicted molar refractivity (Wildman–Crippen MR) is 72.5 cm³/mol. The molecule has 1 fully saturated rings. The van der Waals surface area contributed by atoms with Gasteiger partial charge in [0.25, 0.3) is 0 Å². The maximum atomic E-state index is 13.7. The van der Waals surface area contributed by atoms with Crippen molar-refractivity contribution in [3.63, 3.8) is 0 Å². The van der Waals surface area contributed by atoms with Crippen molar-refractivity contribution in [3.8, 4) is 5.75 Å². The van der Waals surface area contributed by atoms with Gasteiger partial charge in [0.05, 0.1) is 0 Å². The molecule has 0 radical (unpaired) electrons. The van der Waals surface area contributed by atoms with Gasteiger partial charge >= 0.3 is 6.09 Å². The second-order valence-corrected chi connectivity index (χ2v) is 5.01. The van der Waals surface area contributed by atoms with Crippen molar-refractivity contribution in [3.05, 3.63) is 29.6 Å². The van der Waals surface area contributed by atoms with Crippen LogP contribution in [0.25, 0.3) is 0 Å². The number of aromatic hydroxyl groups is 1. The largest absolute Gasteiger partial charge is 0.508 e. The lowest BCUT2D eigenvalue weighted by molar-refractivity contribution is -0.132. The van der Waals surface area contributed by atoms with Gasteiger partial charge in [0.2, 0.25) is 5.91 Å². The Hall–Kier alpha value is -2.31. The molecule has 1 heterocycles. The van der Waals surface area contributed by atoms with E-state index in [1.807, 2.05) is 0 Å². The van der Waals surface area contributed by atoms with Gasteiger partial charge in [-0.3, -0.25) is 4.79 Å². The van der Waals surface area contributed by atoms with E-state index < -0.39 is 18.0 Å². The summed E-state index contributed by atoms with van der Waals surface area (Å²) in [5.41, 5.74) is 0.180. The molecular weight excluding hydrogens is 279 g/mol. The van der Waals surface area contributed by atoms with E-state index in [0.717, 1.165) is 18.9 Å². The number of amides is 2. The third-order valence-electron chi connectivity index (χ3n) is 3.47. The number of carbonyl (C=O) groups excluding carboxylic acids is 1. The Labute approximate surface area is 121 Å². The lowest BCUT2D eigenvalue weighted by atomic mass is 10.0. The summed E-state index contributed by atoms with van der Waals surface area (Å²) < 4.78 is 13.7. The number of phenolic OH excluding ortho intramolecular Hbond substituents is 1. The van der Waals surface area contributed by atoms with Crippen molar-refractivity contribution in [2.75, 3.05) is 13.1 Å². The molecule has 3 N–H and O–H groups in total. The highest BCUT2D eigenvalue weighted by molar-refractivity contribution is 5.85. The van der Waals surface area contributed by atoms with Crippen LogP contribution in [0.2, 0.25) is 0 Å². The Morgan fingerprint density at radius 2 is 2.00 bits per heavy atom. The van der Waals surface area contributed by atoms with Crippen LogP contribution in [-0.2, 0) is 11.2 Å². The van der Waals surface area contributed by atoms with E-state index >= 15 is 0 Å². The average Bonchev–Trinajstić information content (AvgIpc) is 2.93. The highest BCUT2D eigenvalue weighted by Crippen LogP contribution is 2.18. The third-order valence-corrected chi connectivity index (χ3v) is 3.47. The zero-order valence-electron chi connectivity index (χ0n) is 11.4. The minimum atomic E-state index is -1.33. The summed E-state index contributed by atoms with van der Waals surface area (Å²) in [6.45, 7) is 1.18. The topological polar surface area (TPSA) is 89.9 Å². The lowest BCUT2D eigenvalue weighted by Crippen LogP contribution is -2.48. The van der Waals surface area contributed by atoms with Crippen LogP contribution < -0.4 is 5.32 Å². The number of carboxylic acid groups (broad SMARTS) is 1. The Kier molecular flexibility index (Phi) is 4.62. The molecule has 114 valence electrons. The number of likely N-dealkylation sites (tertiary alicyclic amines) is 1. The van der Waals surface area contributed by atoms with Crippen LogP contribution in [0.5, 0.6) is 5.75 Å². The number of hydrogen-bond donors (Lipinski definition) is 3. The van der Waals surface area contributed by atoms with Crippen molar-refractivity contribution < 1.29 is 24.2 Å². The number of halogens is 1. The molecular formula is C14H17FN2O4. The number of phenols is 1. The number of hydrogen-bond acceptors (Lipinski definition) is 3. The van der Waals surface area contributed by atoms with E-state index in [0.29, 0.717) is 13.1 Å². The summed E-state index contributed by atoms with van der Waals surface area (Å²) >= 11 is 0. The SMILES string of the molecule is O=C(O)N[C@@H](Cc1ccc(O)cc1F)C(=O)N1CCCC1. The monoisotopic (exact) mass is 296 g/mol. The van der Waals surface area contributed by atoms with E-state index in [1.54, 1.807) is 4.90 Å². The van der Waals surface area contributed by atoms with E-state index in [9.17, 15) is 19.1 Å². The molecule has 21 heavy (non-hydrogen) atoms. The van der Waals surface area contributed by atoms with Crippen LogP contribution in [-0.4, -0.2) is 46.2 Å². The second-order valence-electron chi connectivity index (χ2n) is 5.01. The first kappa shape index (κ1) is 15.1. The predicted octanol–water partition coefficient (Wildman–Crippen LogP) is 1.33. The molecule has 1 saturated heterocycles. The van der Waals surface area contributed by atoms with Gasteiger partial charge < -0.3 is 20.4 Å². The van der Waals surface area contributed by atoms with Crippen molar-refractivity contribution in [1.29, 1.82) is 0 Å². The summed E-state index contributed by atoms with van der Waals surface area (Å²) in [5.74, 6) is -1.23. The molecule has 1 atom stereocenters. The summed E-state index contributed by atoms with van der Waals surface area (Å²) in [5, 5.41) is 20.2. The molecule has 0 bridgehead atoms. The molecule has 0 aromatic heterocycles. The first-order chi connectivity index (χ1) is 9.97. The van der Waals surface area contributed by atoms with Crippen LogP contribution in [0.4, 0.5) is 9.18 Å². The fourth-order valence-electron chi connectivity index (χ4n) is 2.43. The van der Waals surface area contributed by atoms with E-state index in [-0.39, 0.29) is 23.6 Å². The van der Waals surface area contributed by atoms with Gasteiger partial charge in [-0.2, -0.15) is 0 Å². The fraction of sp³-hybridized carbons (Fsp3) is 0.429. The lowest BCUT2D eigenvalue weighted by Gasteiger charge is -2.23. The summed E-state index contributed by atoms with van der Waals surface area (Å²) in [7, 11) is 0. The van der Waals surface area contributed by atoms with Crippen molar-refractivity contribution in [2.45, 2.75) is 25.3 Å². The highest BCUT2D eigenvalue weighted by Gasteiger charge is 2.28. The zero-order valence-corrected chi connectivity index (χ0v) is 11.4. The van der Waals surface area contributed by atoms with Gasteiger partial charge in [-0.05, 0) is 24.5 Å². The van der Waals surface area contributed by atoms with Gasteiger partial charge in [-0.1, -0.05) is 6.07 Å². The van der Waals surface area contributed by atoms with Gasteiger partial charge in [0.1, 0.15) is 17.6 Å². The Morgan fingerprint density at radius 1 is 1.33 bits per heavy atom. The van der Waals surface area contributed by atoms with Crippen molar-refractivity contribution >= 4 is 12.0 Å². The molecule has 2 rings (SSSR count). The number of carbonyl (C=O) groups is 2. The minimum absolute atomic E-state index is 0.0895. The zero-order chi connectivity index (χ0) is 15.4. The molecule has 2 amide bonds. The Bertz CT molecular complexity index is 544. The number of rotatable bonds is 4. The molecule has 1 aromatic rings. The quantitative estimate of drug-likeness (QED) is 0.782. The smallest absolute Gasteiger partial charge is 0.405 e. The number of nitrogens with zero attached hydrogens (tertiary/aromatic N) is 1. The number of nitrogens with one attached hydrogen (secondary N) is 1. The van der Waals surface area contributed by atoms with Crippen molar-refractivity contribution in [1.82, 2.24) is 10.2 Å². The number of benzene rings is 1. The normalized spacial score (nSPS) is 15.8. The third kappa shape index (κ3) is 3.84. The first-order valence-electron chi connectivity index (χ1n) is 6.73. The fourth-order valence-corrected chi connectivity index (χ4v) is 2.43. The van der Waals surface area contributed by atoms with Crippen LogP contribution in [0.15, 0.2) is 18.2 Å². The molecule has 1 aliphatic heterocycles. The summed E-state index contributed by atoms with van der Waals surface area (Å²) in [4.78, 5) is 24.7. The molecule has 1 aromatic carbocycles. The Balaban J connectivity index is 2.15. The van der Waals surface area contributed by atoms with Gasteiger partial charge in [0.15, 0.2) is 0 Å². The van der Waals surface area contributed by atoms with Crippen LogP contribution in [0, 0.1) is 5.82 Å². The average molecular weight is 296 g/mol. The van der Waals surface area contributed by atoms with E-state index in [1.165, 1.54) is 12.1 Å². The molecule has 7 heteroatoms. The Morgan fingerprint density at radius 3 is 2.57 bits per heavy atom. The van der Waals surface area contributed by atoms with Gasteiger partial charge in [-0.25, -0.2) is 9.18 Å². The molecule has 0 aliphatic carbocycles. The molecule has 6 nitrogen and oxygen atoms in total. The second kappa shape index (κ2) is 6.43. The standard InChI is InChI=1S/C14H17FN2O4/c15-11-8-10(18)4-3-9(11)7-12(16-14(20)21)13(19)17-5-1-2-6-17/h3-4,8,12,16,18H,1-2,5-7H2,(H,20,21)/t12-/m0/s1. The van der Waals surface area contributed by atoms with Crippen LogP contribution in [0.1, 0.15) is 18.4 Å².